The second-order valence-electron chi connectivity index (χ2n) is 31.5. The molecule has 0 saturated carbocycles. The predicted octanol–water partition coefficient (Wildman–Crippen LogP) is 13.5. The van der Waals surface area contributed by atoms with Gasteiger partial charge in [-0.15, -0.1) is 43.1 Å². The molecule has 12 N–H and O–H groups in total. The molecule has 12 aromatic heterocycles. The lowest BCUT2D eigenvalue weighted by Gasteiger charge is -2.22. The van der Waals surface area contributed by atoms with Gasteiger partial charge in [-0.25, -0.2) is 19.9 Å². The normalized spacial score (nSPS) is 14.2. The maximum absolute atomic E-state index is 6.41. The Kier molecular flexibility index (Phi) is 25.9. The van der Waals surface area contributed by atoms with Gasteiger partial charge in [-0.3, -0.25) is 9.36 Å². The fraction of sp³-hybridized carbons (Fsp3) is 0.295. The van der Waals surface area contributed by atoms with Gasteiger partial charge in [-0.05, 0) is 316 Å². The number of fused-ring (bicyclic) bond motifs is 2. The van der Waals surface area contributed by atoms with Crippen LogP contribution >= 0.6 is 57.5 Å². The molecule has 0 bridgehead atoms. The number of aryl methyl sites for hydroxylation is 5. The first kappa shape index (κ1) is 86.2. The summed E-state index contributed by atoms with van der Waals surface area (Å²) in [4.78, 5) is 23.0. The molecule has 16 heterocycles. The van der Waals surface area contributed by atoms with E-state index in [1.807, 2.05) is 133 Å². The molecule has 2 fully saturated rings. The van der Waals surface area contributed by atoms with Gasteiger partial charge in [-0.2, -0.15) is 28.9 Å². The maximum atomic E-state index is 6.41. The number of nitrogens with one attached hydrogen (secondary N) is 4. The van der Waals surface area contributed by atoms with Crippen molar-refractivity contribution in [3.8, 4) is 123 Å². The Bertz CT molecular complexity index is 6550. The van der Waals surface area contributed by atoms with E-state index in [1.165, 1.54) is 41.8 Å². The summed E-state index contributed by atoms with van der Waals surface area (Å²) >= 11 is 22.9. The number of anilines is 4. The number of aromatic nitrogens is 24. The van der Waals surface area contributed by atoms with E-state index < -0.39 is 0 Å². The van der Waals surface area contributed by atoms with E-state index in [1.54, 1.807) is 57.5 Å². The molecule has 16 aromatic rings. The van der Waals surface area contributed by atoms with Crippen LogP contribution in [-0.4, -0.2) is 187 Å². The number of hydrogen-bond acceptors (Lipinski definition) is 30. The summed E-state index contributed by atoms with van der Waals surface area (Å²) in [5, 5.41) is 73.7. The van der Waals surface area contributed by atoms with Crippen molar-refractivity contribution < 1.29 is 9.47 Å². The first-order valence-corrected chi connectivity index (χ1v) is 44.3. The Morgan fingerprint density at radius 3 is 1.09 bits per heavy atom. The van der Waals surface area contributed by atoms with Gasteiger partial charge in [0.05, 0.1) is 93.7 Å². The van der Waals surface area contributed by atoms with Gasteiger partial charge >= 0.3 is 0 Å². The summed E-state index contributed by atoms with van der Waals surface area (Å²) in [5.41, 5.74) is 45.6. The lowest BCUT2D eigenvalue weighted by Crippen LogP contribution is -2.29. The van der Waals surface area contributed by atoms with Crippen molar-refractivity contribution in [1.82, 2.24) is 142 Å². The molecule has 4 aromatic carbocycles. The second kappa shape index (κ2) is 38.1. The van der Waals surface area contributed by atoms with E-state index in [4.69, 9.17) is 67.2 Å². The van der Waals surface area contributed by atoms with Crippen LogP contribution < -0.4 is 53.7 Å². The average molecular weight is 1800 g/mol. The number of thiophene rings is 2. The largest absolute Gasteiger partial charge is 0.495 e. The minimum absolute atomic E-state index is 0.330. The van der Waals surface area contributed by atoms with Gasteiger partial charge in [0.2, 0.25) is 0 Å². The van der Waals surface area contributed by atoms with Crippen molar-refractivity contribution in [3.05, 3.63) is 210 Å². The maximum Gasteiger partial charge on any atom is 0.190 e. The zero-order valence-electron chi connectivity index (χ0n) is 71.1. The Balaban J connectivity index is 0.000000119. The molecule has 0 amide bonds. The number of ether oxygens (including phenoxy) is 2. The van der Waals surface area contributed by atoms with Gasteiger partial charge in [0.25, 0.3) is 0 Å². The fourth-order valence-corrected chi connectivity index (χ4v) is 19.3. The third-order valence-electron chi connectivity index (χ3n) is 23.2. The Morgan fingerprint density at radius 2 is 0.709 bits per heavy atom. The predicted molar refractivity (Wildman–Crippen MR) is 496 cm³/mol. The summed E-state index contributed by atoms with van der Waals surface area (Å²) in [6, 6.07) is 30.7. The third-order valence-corrected chi connectivity index (χ3v) is 26.7. The number of benzene rings is 4. The molecule has 0 aliphatic carbocycles. The van der Waals surface area contributed by atoms with Crippen LogP contribution in [0, 0.1) is 41.5 Å². The summed E-state index contributed by atoms with van der Waals surface area (Å²) in [6.07, 6.45) is 23.5. The van der Waals surface area contributed by atoms with Crippen LogP contribution in [0.2, 0.25) is 15.1 Å². The quantitative estimate of drug-likeness (QED) is 0.0445. The van der Waals surface area contributed by atoms with E-state index in [-0.39, 0.29) is 0 Å². The molecule has 0 atom stereocenters. The van der Waals surface area contributed by atoms with E-state index in [2.05, 4.69) is 170 Å². The topological polar surface area (TPSA) is 432 Å². The van der Waals surface area contributed by atoms with Crippen LogP contribution in [0.1, 0.15) is 92.0 Å². The Morgan fingerprint density at radius 1 is 0.362 bits per heavy atom. The molecule has 2 saturated heterocycles. The summed E-state index contributed by atoms with van der Waals surface area (Å²) < 4.78 is 21.4. The minimum Gasteiger partial charge on any atom is -0.495 e. The van der Waals surface area contributed by atoms with Gasteiger partial charge < -0.3 is 53.7 Å². The standard InChI is InChI=1S/C22H24ClN9O.C22H24ClN9.C22H22ClN7OS.C22H23N7S/c1-13-7-17(9-19(23)20(13)33-2)32-22(28-29-30-32)18-8-14(10-26-21(18)24)15-11-27-31(12-15)16-3-5-25-6-4-16;1-13-7-18(9-20(23)14(13)2)32-22(28-29-30-32)19-8-15(10-26-21(19)24)16-11-27-31(12-16)17-3-5-25-6-4-17;1-12-7-15(10-17(23)20(12)31-2)30-22(27-28-29-30)16-8-14(11-26-21(16)24)19-9-13-3-5-25-6-4-18(13)32-19;1-13-3-4-17(9-14(13)2)29-22(26-27-28-29)18-10-16(12-25-21(18)23)20-11-15-5-7-24-8-6-19(15)30-20/h7-12,16,25H,3-6H2,1-2H3,(H2,24,26);7-12,17,25H,3-6H2,1-2H3,(H2,24,26);7-11,25H,3-6H2,1-2H3,(H2,24,26);3-4,9-12,24H,5-8H2,1-2H3,(H2,23,25). The molecule has 0 radical (unpaired) electrons. The number of methoxy groups -OCH3 is 2. The van der Waals surface area contributed by atoms with Gasteiger partial charge in [0.15, 0.2) is 23.3 Å². The number of piperidine rings is 2. The molecular formula is C88H93Cl3N32O2S2. The monoisotopic (exact) mass is 1800 g/mol. The number of nitrogen functional groups attached to an aromatic ring is 4. The van der Waals surface area contributed by atoms with Crippen molar-refractivity contribution in [2.75, 3.05) is 89.5 Å². The van der Waals surface area contributed by atoms with E-state index in [9.17, 15) is 0 Å². The SMILES string of the molecule is COc1c(C)cc(-n2nnnc2-c2cc(-c3cc4c(s3)CCNCC4)cnc2N)cc1Cl.COc1c(C)cc(-n2nnnc2-c2cc(-c3cnn(C4CCNCC4)c3)cnc2N)cc1Cl.Cc1cc(-n2nnnc2-c2cc(-c3cnn(C4CCNCC4)c3)cnc2N)cc(Cl)c1C.Cc1ccc(-n2nnnc2-c2cc(-c3cc4c(s3)CCNCC4)cnc2N)cc1C. The second-order valence-corrected chi connectivity index (χ2v) is 35.0. The van der Waals surface area contributed by atoms with Crippen molar-refractivity contribution >= 4 is 80.7 Å². The van der Waals surface area contributed by atoms with Crippen LogP contribution in [0.15, 0.2) is 141 Å². The first-order chi connectivity index (χ1) is 61.7. The summed E-state index contributed by atoms with van der Waals surface area (Å²) in [5.74, 6) is 4.76. The smallest absolute Gasteiger partial charge is 0.190 e. The minimum atomic E-state index is 0.330. The number of nitrogens with two attached hydrogens (primary N) is 4. The van der Waals surface area contributed by atoms with Crippen LogP contribution in [0.3, 0.4) is 0 Å². The van der Waals surface area contributed by atoms with Crippen LogP contribution in [0.5, 0.6) is 11.5 Å². The number of hydrogen-bond donors (Lipinski definition) is 8. The molecule has 34 nitrogen and oxygen atoms in total. The van der Waals surface area contributed by atoms with Crippen molar-refractivity contribution in [3.63, 3.8) is 0 Å². The highest BCUT2D eigenvalue weighted by atomic mass is 35.5. The number of rotatable bonds is 16. The van der Waals surface area contributed by atoms with E-state index in [0.29, 0.717) is 113 Å². The summed E-state index contributed by atoms with van der Waals surface area (Å²) in [6.45, 7) is 20.1. The zero-order valence-corrected chi connectivity index (χ0v) is 75.0. The van der Waals surface area contributed by atoms with Crippen LogP contribution in [-0.2, 0) is 25.7 Å². The molecule has 4 aliphatic rings. The number of pyridine rings is 4. The molecule has 0 spiro atoms. The molecular weight excluding hydrogens is 1710 g/mol. The zero-order chi connectivity index (χ0) is 88.1. The molecule has 39 heteroatoms. The number of nitrogens with zero attached hydrogens (tertiary/aromatic N) is 24. The van der Waals surface area contributed by atoms with Crippen LogP contribution in [0.25, 0.3) is 111 Å². The van der Waals surface area contributed by atoms with Gasteiger partial charge in [0.1, 0.15) is 34.8 Å². The van der Waals surface area contributed by atoms with Gasteiger partial charge in [-0.1, -0.05) is 40.9 Å². The lowest BCUT2D eigenvalue weighted by molar-refractivity contribution is 0.343. The molecule has 0 unspecified atom stereocenters. The first-order valence-electron chi connectivity index (χ1n) is 41.6. The third kappa shape index (κ3) is 18.6. The molecule has 4 aliphatic heterocycles. The average Bonchev–Trinajstić information content (AvgIpc) is 1.71. The summed E-state index contributed by atoms with van der Waals surface area (Å²) in [7, 11) is 3.18. The highest BCUT2D eigenvalue weighted by Crippen LogP contribution is 2.42. The number of tetrazole rings is 4. The molecule has 127 heavy (non-hydrogen) atoms. The highest BCUT2D eigenvalue weighted by Gasteiger charge is 2.27. The molecule has 20 rings (SSSR count). The Labute approximate surface area is 754 Å². The highest BCUT2D eigenvalue weighted by molar-refractivity contribution is 7.16. The van der Waals surface area contributed by atoms with Crippen molar-refractivity contribution in [2.45, 2.75) is 105 Å². The van der Waals surface area contributed by atoms with Gasteiger partial charge in [0, 0.05) is 95.1 Å². The Hall–Kier alpha value is -12.9. The number of halogens is 3. The molecule has 650 valence electrons. The van der Waals surface area contributed by atoms with E-state index >= 15 is 0 Å². The van der Waals surface area contributed by atoms with E-state index in [0.717, 1.165) is 176 Å². The van der Waals surface area contributed by atoms with Crippen LogP contribution in [0.4, 0.5) is 23.3 Å². The fourth-order valence-electron chi connectivity index (χ4n) is 16.0. The lowest BCUT2D eigenvalue weighted by atomic mass is 10.1. The van der Waals surface area contributed by atoms with Crippen molar-refractivity contribution in [1.29, 1.82) is 0 Å². The van der Waals surface area contributed by atoms with Crippen molar-refractivity contribution in [2.24, 2.45) is 0 Å².